The van der Waals surface area contributed by atoms with E-state index in [2.05, 4.69) is 26.6 Å². The van der Waals surface area contributed by atoms with E-state index >= 15 is 0 Å². The van der Waals surface area contributed by atoms with E-state index in [4.69, 9.17) is 33.2 Å². The Morgan fingerprint density at radius 1 is 0.972 bits per heavy atom. The van der Waals surface area contributed by atoms with Gasteiger partial charge in [0.1, 0.15) is 17.5 Å². The molecule has 1 N–H and O–H groups in total. The highest BCUT2D eigenvalue weighted by molar-refractivity contribution is 6.33. The molecule has 2 aromatic heterocycles. The van der Waals surface area contributed by atoms with Crippen molar-refractivity contribution in [3.8, 4) is 11.3 Å². The van der Waals surface area contributed by atoms with Crippen LogP contribution in [0.15, 0.2) is 36.5 Å². The molecule has 2 aliphatic rings. The molecule has 5 rings (SSSR count). The van der Waals surface area contributed by atoms with E-state index in [1.807, 2.05) is 6.07 Å². The first-order valence-corrected chi connectivity index (χ1v) is 13.0. The number of aromatic nitrogens is 3. The van der Waals surface area contributed by atoms with Gasteiger partial charge in [-0.25, -0.2) is 14.4 Å². The number of aliphatic hydroxyl groups excluding tert-OH is 1. The number of aliphatic hydroxyl groups is 1. The molecule has 0 spiro atoms. The normalized spacial score (nSPS) is 18.6. The average molecular weight is 531 g/mol. The number of hydrogen-bond donors (Lipinski definition) is 1. The summed E-state index contributed by atoms with van der Waals surface area (Å²) < 4.78 is 13.8. The fourth-order valence-corrected chi connectivity index (χ4v) is 5.38. The lowest BCUT2D eigenvalue weighted by atomic mass is 10.1. The Kier molecular flexibility index (Phi) is 7.46. The van der Waals surface area contributed by atoms with Gasteiger partial charge in [-0.3, -0.25) is 0 Å². The summed E-state index contributed by atoms with van der Waals surface area (Å²) in [5.41, 5.74) is 2.17. The number of piperazine rings is 1. The minimum Gasteiger partial charge on any atom is -0.392 e. The van der Waals surface area contributed by atoms with Crippen molar-refractivity contribution >= 4 is 40.8 Å². The predicted molar refractivity (Wildman–Crippen MR) is 143 cm³/mol. The number of rotatable bonds is 5. The largest absolute Gasteiger partial charge is 0.392 e. The predicted octanol–water partition coefficient (Wildman–Crippen LogP) is 5.18. The van der Waals surface area contributed by atoms with Crippen LogP contribution in [0.2, 0.25) is 10.0 Å². The van der Waals surface area contributed by atoms with E-state index in [0.717, 1.165) is 61.9 Å². The highest BCUT2D eigenvalue weighted by Gasteiger charge is 2.28. The number of benzene rings is 1. The number of piperidine rings is 1. The monoisotopic (exact) mass is 530 g/mol. The number of nitrogens with zero attached hydrogens (tertiary/aromatic N) is 6. The molecular weight excluding hydrogens is 502 g/mol. The first kappa shape index (κ1) is 25.0. The second-order valence-electron chi connectivity index (χ2n) is 9.38. The van der Waals surface area contributed by atoms with Crippen molar-refractivity contribution in [2.24, 2.45) is 0 Å². The SMILES string of the molecule is CC1CN(c2ncc(CO)cc2Cl)CCN1c1cc(-c2ccc(F)c(Cl)c2)nc(N2CCCCC2)n1. The summed E-state index contributed by atoms with van der Waals surface area (Å²) in [6.07, 6.45) is 5.10. The van der Waals surface area contributed by atoms with E-state index in [9.17, 15) is 9.50 Å². The Hall–Kier alpha value is -2.68. The minimum atomic E-state index is -0.449. The van der Waals surface area contributed by atoms with Gasteiger partial charge in [0.25, 0.3) is 0 Å². The number of halogens is 3. The molecule has 2 aliphatic heterocycles. The molecule has 10 heteroatoms. The second kappa shape index (κ2) is 10.7. The Bertz CT molecular complexity index is 1240. The highest BCUT2D eigenvalue weighted by atomic mass is 35.5. The second-order valence-corrected chi connectivity index (χ2v) is 10.2. The third kappa shape index (κ3) is 5.21. The molecule has 1 aromatic carbocycles. The lowest BCUT2D eigenvalue weighted by molar-refractivity contribution is 0.281. The van der Waals surface area contributed by atoms with Crippen molar-refractivity contribution in [1.82, 2.24) is 15.0 Å². The topological polar surface area (TPSA) is 68.6 Å². The zero-order chi connectivity index (χ0) is 25.2. The minimum absolute atomic E-state index is 0.0748. The summed E-state index contributed by atoms with van der Waals surface area (Å²) in [4.78, 5) is 21.0. The maximum Gasteiger partial charge on any atom is 0.227 e. The smallest absolute Gasteiger partial charge is 0.227 e. The van der Waals surface area contributed by atoms with Crippen LogP contribution in [0, 0.1) is 5.82 Å². The maximum atomic E-state index is 13.8. The van der Waals surface area contributed by atoms with Crippen LogP contribution in [0.25, 0.3) is 11.3 Å². The van der Waals surface area contributed by atoms with Crippen LogP contribution in [0.3, 0.4) is 0 Å². The summed E-state index contributed by atoms with van der Waals surface area (Å²) in [7, 11) is 0. The van der Waals surface area contributed by atoms with Gasteiger partial charge in [-0.15, -0.1) is 0 Å². The van der Waals surface area contributed by atoms with Crippen LogP contribution in [0.5, 0.6) is 0 Å². The van der Waals surface area contributed by atoms with Crippen molar-refractivity contribution in [3.63, 3.8) is 0 Å². The zero-order valence-electron chi connectivity index (χ0n) is 20.2. The first-order valence-electron chi connectivity index (χ1n) is 12.3. The molecule has 2 fully saturated rings. The standard InChI is InChI=1S/C26H29Cl2FN6O/c1-17-15-34(25-21(28)11-18(16-36)14-30-25)9-10-35(17)24-13-23(19-5-6-22(29)20(27)12-19)31-26(32-24)33-7-3-2-4-8-33/h5-6,11-14,17,36H,2-4,7-10,15-16H2,1H3. The third-order valence-corrected chi connectivity index (χ3v) is 7.41. The van der Waals surface area contributed by atoms with Gasteiger partial charge in [0.2, 0.25) is 5.95 Å². The van der Waals surface area contributed by atoms with Gasteiger partial charge in [-0.05, 0) is 56.0 Å². The highest BCUT2D eigenvalue weighted by Crippen LogP contribution is 2.32. The molecule has 190 valence electrons. The summed E-state index contributed by atoms with van der Waals surface area (Å²) in [5, 5.41) is 9.96. The molecule has 3 aromatic rings. The van der Waals surface area contributed by atoms with Gasteiger partial charge < -0.3 is 19.8 Å². The van der Waals surface area contributed by atoms with E-state index in [1.165, 1.54) is 12.5 Å². The molecule has 0 saturated carbocycles. The maximum absolute atomic E-state index is 13.8. The van der Waals surface area contributed by atoms with E-state index in [1.54, 1.807) is 24.4 Å². The van der Waals surface area contributed by atoms with Crippen LogP contribution >= 0.6 is 23.2 Å². The summed E-state index contributed by atoms with van der Waals surface area (Å²) in [6.45, 7) is 6.06. The zero-order valence-corrected chi connectivity index (χ0v) is 21.7. The summed E-state index contributed by atoms with van der Waals surface area (Å²) in [5.74, 6) is 1.80. The van der Waals surface area contributed by atoms with Crippen molar-refractivity contribution in [2.75, 3.05) is 47.4 Å². The van der Waals surface area contributed by atoms with Crippen LogP contribution in [-0.2, 0) is 6.61 Å². The Balaban J connectivity index is 1.45. The van der Waals surface area contributed by atoms with Gasteiger partial charge in [0, 0.05) is 56.6 Å². The quantitative estimate of drug-likeness (QED) is 0.487. The van der Waals surface area contributed by atoms with Gasteiger partial charge in [0.15, 0.2) is 0 Å². The van der Waals surface area contributed by atoms with Crippen molar-refractivity contribution in [3.05, 3.63) is 58.0 Å². The molecule has 4 heterocycles. The lowest BCUT2D eigenvalue weighted by Gasteiger charge is -2.41. The first-order chi connectivity index (χ1) is 17.4. The molecule has 2 saturated heterocycles. The summed E-state index contributed by atoms with van der Waals surface area (Å²) in [6, 6.07) is 8.55. The van der Waals surface area contributed by atoms with Crippen LogP contribution in [0.1, 0.15) is 31.7 Å². The van der Waals surface area contributed by atoms with Gasteiger partial charge in [0.05, 0.1) is 22.3 Å². The van der Waals surface area contributed by atoms with E-state index in [0.29, 0.717) is 23.1 Å². The molecule has 1 unspecified atom stereocenters. The molecule has 7 nitrogen and oxygen atoms in total. The Morgan fingerprint density at radius 2 is 1.78 bits per heavy atom. The third-order valence-electron chi connectivity index (χ3n) is 6.84. The van der Waals surface area contributed by atoms with Crippen LogP contribution in [-0.4, -0.2) is 58.8 Å². The molecular formula is C26H29Cl2FN6O. The molecule has 0 bridgehead atoms. The number of hydrogen-bond acceptors (Lipinski definition) is 7. The van der Waals surface area contributed by atoms with Crippen LogP contribution in [0.4, 0.5) is 22.0 Å². The molecule has 0 radical (unpaired) electrons. The van der Waals surface area contributed by atoms with Crippen molar-refractivity contribution in [2.45, 2.75) is 38.8 Å². The Morgan fingerprint density at radius 3 is 2.47 bits per heavy atom. The van der Waals surface area contributed by atoms with Crippen LogP contribution < -0.4 is 14.7 Å². The fraction of sp³-hybridized carbons (Fsp3) is 0.423. The van der Waals surface area contributed by atoms with Crippen molar-refractivity contribution in [1.29, 1.82) is 0 Å². The van der Waals surface area contributed by atoms with Gasteiger partial charge >= 0.3 is 0 Å². The molecule has 36 heavy (non-hydrogen) atoms. The van der Waals surface area contributed by atoms with E-state index in [-0.39, 0.29) is 17.7 Å². The van der Waals surface area contributed by atoms with E-state index < -0.39 is 5.82 Å². The fourth-order valence-electron chi connectivity index (χ4n) is 4.89. The summed E-state index contributed by atoms with van der Waals surface area (Å²) >= 11 is 12.6. The number of pyridine rings is 1. The lowest BCUT2D eigenvalue weighted by Crippen LogP contribution is -2.52. The average Bonchev–Trinajstić information content (AvgIpc) is 2.90. The number of anilines is 3. The molecule has 1 atom stereocenters. The molecule has 0 amide bonds. The van der Waals surface area contributed by atoms with Gasteiger partial charge in [-0.1, -0.05) is 23.2 Å². The Labute approximate surface area is 220 Å². The van der Waals surface area contributed by atoms with Crippen molar-refractivity contribution < 1.29 is 9.50 Å². The van der Waals surface area contributed by atoms with Gasteiger partial charge in [-0.2, -0.15) is 4.98 Å². The molecule has 0 aliphatic carbocycles.